The van der Waals surface area contributed by atoms with E-state index in [0.717, 1.165) is 11.6 Å². The van der Waals surface area contributed by atoms with Crippen molar-refractivity contribution in [3.05, 3.63) is 65.2 Å². The summed E-state index contributed by atoms with van der Waals surface area (Å²) in [4.78, 5) is 10.9. The number of ether oxygens (including phenoxy) is 2. The maximum atomic E-state index is 12.9. The van der Waals surface area contributed by atoms with E-state index in [-0.39, 0.29) is 19.0 Å². The Kier molecular flexibility index (Phi) is 5.81. The number of benzene rings is 2. The van der Waals surface area contributed by atoms with Gasteiger partial charge in [0, 0.05) is 0 Å². The summed E-state index contributed by atoms with van der Waals surface area (Å²) in [6.07, 6.45) is -4.77. The number of hydrogen-bond acceptors (Lipinski definition) is 3. The van der Waals surface area contributed by atoms with E-state index in [1.165, 1.54) is 6.07 Å². The highest BCUT2D eigenvalue weighted by Gasteiger charge is 2.35. The number of carboxylic acids is 1. The summed E-state index contributed by atoms with van der Waals surface area (Å²) in [7, 11) is 0. The number of aromatic carboxylic acids is 1. The first-order valence-corrected chi connectivity index (χ1v) is 7.07. The van der Waals surface area contributed by atoms with Crippen LogP contribution in [0.2, 0.25) is 0 Å². The third-order valence-corrected chi connectivity index (χ3v) is 3.13. The minimum Gasteiger partial charge on any atom is -0.491 e. The second-order valence-corrected chi connectivity index (χ2v) is 4.90. The molecule has 0 saturated heterocycles. The smallest absolute Gasteiger partial charge is 0.417 e. The molecule has 0 atom stereocenters. The van der Waals surface area contributed by atoms with Crippen molar-refractivity contribution in [3.63, 3.8) is 0 Å². The molecule has 128 valence electrons. The number of carboxylic acid groups (broad SMARTS) is 1. The van der Waals surface area contributed by atoms with Gasteiger partial charge in [-0.1, -0.05) is 30.3 Å². The first kappa shape index (κ1) is 17.8. The largest absolute Gasteiger partial charge is 0.491 e. The summed E-state index contributed by atoms with van der Waals surface area (Å²) in [6.45, 7) is 0.615. The first-order valence-electron chi connectivity index (χ1n) is 7.07. The van der Waals surface area contributed by atoms with Gasteiger partial charge in [-0.15, -0.1) is 0 Å². The molecule has 1 N–H and O–H groups in total. The molecule has 0 fully saturated rings. The number of rotatable bonds is 7. The topological polar surface area (TPSA) is 55.8 Å². The van der Waals surface area contributed by atoms with Gasteiger partial charge in [0.15, 0.2) is 0 Å². The lowest BCUT2D eigenvalue weighted by atomic mass is 10.1. The Bertz CT molecular complexity index is 684. The quantitative estimate of drug-likeness (QED) is 0.774. The van der Waals surface area contributed by atoms with Crippen molar-refractivity contribution in [1.29, 1.82) is 0 Å². The number of carbonyl (C=O) groups is 1. The van der Waals surface area contributed by atoms with Crippen molar-refractivity contribution in [3.8, 4) is 5.75 Å². The van der Waals surface area contributed by atoms with E-state index in [2.05, 4.69) is 0 Å². The van der Waals surface area contributed by atoms with Crippen LogP contribution in [-0.4, -0.2) is 24.3 Å². The molecule has 0 unspecified atom stereocenters. The minimum absolute atomic E-state index is 0.0521. The van der Waals surface area contributed by atoms with Gasteiger partial charge in [-0.05, 0) is 23.8 Å². The second-order valence-electron chi connectivity index (χ2n) is 4.90. The second kappa shape index (κ2) is 7.83. The normalized spacial score (nSPS) is 11.3. The van der Waals surface area contributed by atoms with E-state index in [4.69, 9.17) is 14.6 Å². The Balaban J connectivity index is 1.90. The molecule has 0 bridgehead atoms. The van der Waals surface area contributed by atoms with Crippen LogP contribution in [0.5, 0.6) is 5.75 Å². The molecule has 2 aromatic rings. The Morgan fingerprint density at radius 3 is 2.38 bits per heavy atom. The summed E-state index contributed by atoms with van der Waals surface area (Å²) in [5.41, 5.74) is -1.07. The summed E-state index contributed by atoms with van der Waals surface area (Å²) < 4.78 is 49.2. The van der Waals surface area contributed by atoms with Gasteiger partial charge in [0.25, 0.3) is 0 Å². The summed E-state index contributed by atoms with van der Waals surface area (Å²) >= 11 is 0. The van der Waals surface area contributed by atoms with Gasteiger partial charge in [-0.25, -0.2) is 4.79 Å². The van der Waals surface area contributed by atoms with Gasteiger partial charge in [0.1, 0.15) is 12.4 Å². The zero-order valence-electron chi connectivity index (χ0n) is 12.5. The van der Waals surface area contributed by atoms with Gasteiger partial charge in [0.2, 0.25) is 0 Å². The van der Waals surface area contributed by atoms with Crippen LogP contribution < -0.4 is 4.74 Å². The van der Waals surface area contributed by atoms with E-state index in [1.54, 1.807) is 0 Å². The molecule has 24 heavy (non-hydrogen) atoms. The molecule has 0 radical (unpaired) electrons. The fraction of sp³-hybridized carbons (Fsp3) is 0.235. The predicted octanol–water partition coefficient (Wildman–Crippen LogP) is 4.00. The molecule has 7 heteroatoms. The van der Waals surface area contributed by atoms with Crippen LogP contribution in [0, 0.1) is 0 Å². The first-order chi connectivity index (χ1) is 11.4. The van der Waals surface area contributed by atoms with Gasteiger partial charge < -0.3 is 14.6 Å². The maximum absolute atomic E-state index is 12.9. The zero-order chi connectivity index (χ0) is 17.6. The van der Waals surface area contributed by atoms with Crippen LogP contribution in [0.15, 0.2) is 48.5 Å². The fourth-order valence-electron chi connectivity index (χ4n) is 2.02. The summed E-state index contributed by atoms with van der Waals surface area (Å²) in [5.74, 6) is -1.70. The summed E-state index contributed by atoms with van der Waals surface area (Å²) in [6, 6.07) is 12.2. The molecule has 0 aromatic heterocycles. The van der Waals surface area contributed by atoms with Crippen molar-refractivity contribution < 1.29 is 32.5 Å². The Morgan fingerprint density at radius 1 is 1.04 bits per heavy atom. The molecule has 2 aromatic carbocycles. The Morgan fingerprint density at radius 2 is 1.75 bits per heavy atom. The summed E-state index contributed by atoms with van der Waals surface area (Å²) in [5, 5.41) is 8.81. The van der Waals surface area contributed by atoms with Crippen molar-refractivity contribution in [2.75, 3.05) is 13.2 Å². The molecule has 0 heterocycles. The molecule has 0 amide bonds. The van der Waals surface area contributed by atoms with E-state index in [0.29, 0.717) is 12.7 Å². The van der Waals surface area contributed by atoms with Crippen LogP contribution in [0.3, 0.4) is 0 Å². The van der Waals surface area contributed by atoms with Crippen LogP contribution in [0.25, 0.3) is 0 Å². The van der Waals surface area contributed by atoms with Crippen molar-refractivity contribution >= 4 is 5.97 Å². The average molecular weight is 340 g/mol. The Hall–Kier alpha value is -2.54. The number of halogens is 3. The lowest BCUT2D eigenvalue weighted by Crippen LogP contribution is -2.14. The lowest BCUT2D eigenvalue weighted by molar-refractivity contribution is -0.138. The lowest BCUT2D eigenvalue weighted by Gasteiger charge is -2.13. The fourth-order valence-corrected chi connectivity index (χ4v) is 2.02. The average Bonchev–Trinajstić information content (AvgIpc) is 2.54. The molecule has 0 aliphatic carbocycles. The van der Waals surface area contributed by atoms with Gasteiger partial charge >= 0.3 is 12.1 Å². The standard InChI is InChI=1S/C17H15F3O4/c18-17(19,20)15-10-13(6-7-14(15)16(21)22)24-9-8-23-11-12-4-2-1-3-5-12/h1-7,10H,8-9,11H2,(H,21,22). The van der Waals surface area contributed by atoms with Gasteiger partial charge in [-0.3, -0.25) is 0 Å². The highest BCUT2D eigenvalue weighted by Crippen LogP contribution is 2.34. The van der Waals surface area contributed by atoms with Crippen LogP contribution >= 0.6 is 0 Å². The zero-order valence-corrected chi connectivity index (χ0v) is 12.5. The van der Waals surface area contributed by atoms with Crippen LogP contribution in [-0.2, 0) is 17.5 Å². The van der Waals surface area contributed by atoms with E-state index in [1.807, 2.05) is 30.3 Å². The van der Waals surface area contributed by atoms with Crippen LogP contribution in [0.1, 0.15) is 21.5 Å². The Labute approximate surface area is 136 Å². The van der Waals surface area contributed by atoms with E-state index >= 15 is 0 Å². The van der Waals surface area contributed by atoms with Crippen LogP contribution in [0.4, 0.5) is 13.2 Å². The molecule has 2 rings (SSSR count). The maximum Gasteiger partial charge on any atom is 0.417 e. The molecule has 4 nitrogen and oxygen atoms in total. The molecule has 0 aliphatic rings. The third kappa shape index (κ3) is 4.99. The minimum atomic E-state index is -4.77. The third-order valence-electron chi connectivity index (χ3n) is 3.13. The monoisotopic (exact) mass is 340 g/mol. The number of hydrogen-bond donors (Lipinski definition) is 1. The highest BCUT2D eigenvalue weighted by molar-refractivity contribution is 5.89. The number of alkyl halides is 3. The van der Waals surface area contributed by atoms with Gasteiger partial charge in [0.05, 0.1) is 24.3 Å². The molecular formula is C17H15F3O4. The van der Waals surface area contributed by atoms with Crippen molar-refractivity contribution in [2.24, 2.45) is 0 Å². The highest BCUT2D eigenvalue weighted by atomic mass is 19.4. The van der Waals surface area contributed by atoms with E-state index in [9.17, 15) is 18.0 Å². The molecule has 0 saturated carbocycles. The molecule has 0 spiro atoms. The SMILES string of the molecule is O=C(O)c1ccc(OCCOCc2ccccc2)cc1C(F)(F)F. The molecular weight excluding hydrogens is 325 g/mol. The van der Waals surface area contributed by atoms with Crippen molar-refractivity contribution in [1.82, 2.24) is 0 Å². The van der Waals surface area contributed by atoms with Crippen molar-refractivity contribution in [2.45, 2.75) is 12.8 Å². The van der Waals surface area contributed by atoms with E-state index < -0.39 is 23.3 Å². The van der Waals surface area contributed by atoms with Gasteiger partial charge in [-0.2, -0.15) is 13.2 Å². The molecule has 0 aliphatic heterocycles. The predicted molar refractivity (Wildman–Crippen MR) is 80.0 cm³/mol.